The number of methoxy groups -OCH3 is 1. The number of phenolic OH excluding ortho intramolecular Hbond substituents is 1. The zero-order valence-corrected chi connectivity index (χ0v) is 21.6. The average Bonchev–Trinajstić information content (AvgIpc) is 3.18. The largest absolute Gasteiger partial charge is 0.508 e. The van der Waals surface area contributed by atoms with Gasteiger partial charge in [0.15, 0.2) is 0 Å². The van der Waals surface area contributed by atoms with E-state index < -0.39 is 23.7 Å². The van der Waals surface area contributed by atoms with Crippen molar-refractivity contribution in [3.63, 3.8) is 0 Å². The summed E-state index contributed by atoms with van der Waals surface area (Å²) in [5, 5.41) is 21.6. The van der Waals surface area contributed by atoms with Crippen molar-refractivity contribution < 1.29 is 34.1 Å². The number of anilines is 1. The van der Waals surface area contributed by atoms with E-state index in [4.69, 9.17) is 9.47 Å². The van der Waals surface area contributed by atoms with Gasteiger partial charge < -0.3 is 19.7 Å². The first kappa shape index (κ1) is 26.5. The topological polar surface area (TPSA) is 113 Å². The van der Waals surface area contributed by atoms with Gasteiger partial charge in [0.2, 0.25) is 0 Å². The number of carbonyl (C=O) groups excluding carboxylic acids is 3. The Bertz CT molecular complexity index is 1420. The van der Waals surface area contributed by atoms with Crippen LogP contribution in [0.15, 0.2) is 72.3 Å². The maximum Gasteiger partial charge on any atom is 0.338 e. The third kappa shape index (κ3) is 4.85. The summed E-state index contributed by atoms with van der Waals surface area (Å²) in [6, 6.07) is 16.3. The highest BCUT2D eigenvalue weighted by atomic mass is 16.5. The van der Waals surface area contributed by atoms with Gasteiger partial charge in [-0.3, -0.25) is 14.5 Å². The van der Waals surface area contributed by atoms with Gasteiger partial charge in [-0.1, -0.05) is 26.0 Å². The third-order valence-corrected chi connectivity index (χ3v) is 6.41. The number of aromatic hydroxyl groups is 1. The molecule has 1 aliphatic rings. The molecule has 2 N–H and O–H groups in total. The van der Waals surface area contributed by atoms with Gasteiger partial charge in [0.25, 0.3) is 11.7 Å². The van der Waals surface area contributed by atoms with Gasteiger partial charge in [-0.15, -0.1) is 0 Å². The standard InChI is InChI=1S/C30H29NO7/c1-5-38-30(36)18-9-12-21(13-10-18)31-26(19-7-6-8-22(32)15-19)25(28(34)29(31)35)27(33)20-11-14-24(37-4)23(16-20)17(2)3/h6-17,26,32-33H,5H2,1-4H3/b27-25-. The molecule has 8 nitrogen and oxygen atoms in total. The lowest BCUT2D eigenvalue weighted by molar-refractivity contribution is -0.132. The number of hydrogen-bond acceptors (Lipinski definition) is 7. The lowest BCUT2D eigenvalue weighted by Gasteiger charge is -2.25. The second-order valence-corrected chi connectivity index (χ2v) is 9.14. The highest BCUT2D eigenvalue weighted by Gasteiger charge is 2.47. The molecule has 1 amide bonds. The summed E-state index contributed by atoms with van der Waals surface area (Å²) < 4.78 is 10.5. The van der Waals surface area contributed by atoms with Gasteiger partial charge in [-0.25, -0.2) is 4.79 Å². The summed E-state index contributed by atoms with van der Waals surface area (Å²) in [6.45, 7) is 5.88. The van der Waals surface area contributed by atoms with Gasteiger partial charge in [0, 0.05) is 11.3 Å². The molecule has 38 heavy (non-hydrogen) atoms. The molecule has 0 radical (unpaired) electrons. The number of ketones is 1. The molecule has 0 aromatic heterocycles. The first-order chi connectivity index (χ1) is 18.2. The smallest absolute Gasteiger partial charge is 0.338 e. The van der Waals surface area contributed by atoms with E-state index in [1.165, 1.54) is 41.3 Å². The number of benzene rings is 3. The Balaban J connectivity index is 1.89. The van der Waals surface area contributed by atoms with E-state index in [0.717, 1.165) is 5.56 Å². The van der Waals surface area contributed by atoms with Crippen LogP contribution < -0.4 is 9.64 Å². The number of ether oxygens (including phenoxy) is 2. The fraction of sp³-hybridized carbons (Fsp3) is 0.233. The van der Waals surface area contributed by atoms with Gasteiger partial charge in [0.1, 0.15) is 17.3 Å². The van der Waals surface area contributed by atoms with Crippen molar-refractivity contribution in [2.75, 3.05) is 18.6 Å². The summed E-state index contributed by atoms with van der Waals surface area (Å²) >= 11 is 0. The molecule has 1 fully saturated rings. The lowest BCUT2D eigenvalue weighted by atomic mass is 9.93. The summed E-state index contributed by atoms with van der Waals surface area (Å²) in [6.07, 6.45) is 0. The second-order valence-electron chi connectivity index (χ2n) is 9.14. The predicted octanol–water partition coefficient (Wildman–Crippen LogP) is 5.33. The minimum absolute atomic E-state index is 0.0581. The first-order valence-electron chi connectivity index (χ1n) is 12.2. The van der Waals surface area contributed by atoms with Crippen LogP contribution in [0.3, 0.4) is 0 Å². The number of Topliss-reactive ketones (excluding diaryl/α,β-unsaturated/α-hetero) is 1. The van der Waals surface area contributed by atoms with E-state index in [-0.39, 0.29) is 29.6 Å². The first-order valence-corrected chi connectivity index (χ1v) is 12.2. The number of carbonyl (C=O) groups is 3. The van der Waals surface area contributed by atoms with Gasteiger partial charge in [0.05, 0.1) is 30.9 Å². The third-order valence-electron chi connectivity index (χ3n) is 6.41. The van der Waals surface area contributed by atoms with Crippen molar-refractivity contribution in [3.05, 3.63) is 94.6 Å². The Kier molecular flexibility index (Phi) is 7.52. The molecule has 1 heterocycles. The van der Waals surface area contributed by atoms with Gasteiger partial charge >= 0.3 is 5.97 Å². The fourth-order valence-electron chi connectivity index (χ4n) is 4.57. The van der Waals surface area contributed by atoms with Crippen LogP contribution in [-0.2, 0) is 14.3 Å². The molecule has 1 atom stereocenters. The molecule has 196 valence electrons. The van der Waals surface area contributed by atoms with E-state index in [9.17, 15) is 24.6 Å². The van der Waals surface area contributed by atoms with Crippen LogP contribution in [0, 0.1) is 0 Å². The highest BCUT2D eigenvalue weighted by Crippen LogP contribution is 2.43. The summed E-state index contributed by atoms with van der Waals surface area (Å²) in [5.74, 6) is -1.91. The van der Waals surface area contributed by atoms with Crippen molar-refractivity contribution in [2.24, 2.45) is 0 Å². The fourth-order valence-corrected chi connectivity index (χ4v) is 4.57. The Morgan fingerprint density at radius 1 is 1.00 bits per heavy atom. The number of esters is 1. The number of aliphatic hydroxyl groups is 1. The molecule has 3 aromatic carbocycles. The number of rotatable bonds is 7. The van der Waals surface area contributed by atoms with E-state index in [0.29, 0.717) is 28.1 Å². The Hall–Kier alpha value is -4.59. The summed E-state index contributed by atoms with van der Waals surface area (Å²) in [4.78, 5) is 40.1. The monoisotopic (exact) mass is 515 g/mol. The number of hydrogen-bond donors (Lipinski definition) is 2. The maximum absolute atomic E-state index is 13.4. The zero-order valence-electron chi connectivity index (χ0n) is 21.6. The lowest BCUT2D eigenvalue weighted by Crippen LogP contribution is -2.29. The van der Waals surface area contributed by atoms with E-state index in [2.05, 4.69) is 0 Å². The van der Waals surface area contributed by atoms with Crippen molar-refractivity contribution in [1.29, 1.82) is 0 Å². The number of amides is 1. The van der Waals surface area contributed by atoms with Crippen molar-refractivity contribution in [2.45, 2.75) is 32.7 Å². The van der Waals surface area contributed by atoms with Crippen molar-refractivity contribution in [1.82, 2.24) is 0 Å². The van der Waals surface area contributed by atoms with Crippen LogP contribution in [0.1, 0.15) is 59.8 Å². The summed E-state index contributed by atoms with van der Waals surface area (Å²) in [5.41, 5.74) is 2.13. The highest BCUT2D eigenvalue weighted by molar-refractivity contribution is 6.51. The molecule has 0 spiro atoms. The molecule has 3 aromatic rings. The Morgan fingerprint density at radius 2 is 1.68 bits per heavy atom. The van der Waals surface area contributed by atoms with Crippen LogP contribution in [0.2, 0.25) is 0 Å². The average molecular weight is 516 g/mol. The molecule has 0 aliphatic carbocycles. The molecule has 1 saturated heterocycles. The molecule has 1 aliphatic heterocycles. The predicted molar refractivity (Wildman–Crippen MR) is 142 cm³/mol. The Labute approximate surface area is 220 Å². The minimum Gasteiger partial charge on any atom is -0.508 e. The molecule has 0 saturated carbocycles. The number of phenols is 1. The zero-order chi connectivity index (χ0) is 27.6. The number of aliphatic hydroxyl groups excluding tert-OH is 1. The summed E-state index contributed by atoms with van der Waals surface area (Å²) in [7, 11) is 1.56. The van der Waals surface area contributed by atoms with Gasteiger partial charge in [-0.2, -0.15) is 0 Å². The van der Waals surface area contributed by atoms with Crippen LogP contribution in [0.4, 0.5) is 5.69 Å². The molecule has 1 unspecified atom stereocenters. The quantitative estimate of drug-likeness (QED) is 0.189. The van der Waals surface area contributed by atoms with Crippen molar-refractivity contribution >= 4 is 29.1 Å². The Morgan fingerprint density at radius 3 is 2.29 bits per heavy atom. The SMILES string of the molecule is CCOC(=O)c1ccc(N2C(=O)C(=O)/C(=C(\O)c3ccc(OC)c(C(C)C)c3)C2c2cccc(O)c2)cc1. The second kappa shape index (κ2) is 10.8. The van der Waals surface area contributed by atoms with E-state index >= 15 is 0 Å². The van der Waals surface area contributed by atoms with Crippen LogP contribution in [0.25, 0.3) is 5.76 Å². The number of nitrogens with zero attached hydrogens (tertiary/aromatic N) is 1. The van der Waals surface area contributed by atoms with Gasteiger partial charge in [-0.05, 0) is 78.6 Å². The molecular weight excluding hydrogens is 486 g/mol. The maximum atomic E-state index is 13.4. The minimum atomic E-state index is -1.03. The van der Waals surface area contributed by atoms with Crippen LogP contribution in [0.5, 0.6) is 11.5 Å². The van der Waals surface area contributed by atoms with Crippen LogP contribution >= 0.6 is 0 Å². The normalized spacial score (nSPS) is 16.7. The molecule has 4 rings (SSSR count). The van der Waals surface area contributed by atoms with E-state index in [1.807, 2.05) is 13.8 Å². The molecule has 0 bridgehead atoms. The van der Waals surface area contributed by atoms with Crippen molar-refractivity contribution in [3.8, 4) is 11.5 Å². The molecular formula is C30H29NO7. The van der Waals surface area contributed by atoms with E-state index in [1.54, 1.807) is 44.4 Å². The van der Waals surface area contributed by atoms with Crippen LogP contribution in [-0.4, -0.2) is 41.6 Å². The molecule has 8 heteroatoms.